The average Bonchev–Trinajstić information content (AvgIpc) is 3.19. The highest BCUT2D eigenvalue weighted by Crippen LogP contribution is 2.24. The second-order valence-corrected chi connectivity index (χ2v) is 7.86. The predicted octanol–water partition coefficient (Wildman–Crippen LogP) is 2.17. The van der Waals surface area contributed by atoms with Crippen molar-refractivity contribution in [2.75, 3.05) is 19.6 Å². The zero-order chi connectivity index (χ0) is 19.6. The maximum Gasteiger partial charge on any atom is 0.275 e. The molecule has 27 heavy (non-hydrogen) atoms. The Morgan fingerprint density at radius 1 is 1.04 bits per heavy atom. The van der Waals surface area contributed by atoms with Crippen molar-refractivity contribution in [3.05, 3.63) is 57.8 Å². The molecule has 6 heteroatoms. The van der Waals surface area contributed by atoms with E-state index in [1.54, 1.807) is 11.3 Å². The largest absolute Gasteiger partial charge is 0.355 e. The summed E-state index contributed by atoms with van der Waals surface area (Å²) < 4.78 is 0. The van der Waals surface area contributed by atoms with E-state index in [2.05, 4.69) is 60.2 Å². The lowest BCUT2D eigenvalue weighted by Gasteiger charge is -2.16. The van der Waals surface area contributed by atoms with Crippen LogP contribution < -0.4 is 16.0 Å². The Morgan fingerprint density at radius 2 is 1.74 bits per heavy atom. The van der Waals surface area contributed by atoms with Crippen LogP contribution in [0.5, 0.6) is 0 Å². The van der Waals surface area contributed by atoms with Gasteiger partial charge in [-0.3, -0.25) is 9.59 Å². The minimum Gasteiger partial charge on any atom is -0.355 e. The van der Waals surface area contributed by atoms with Crippen molar-refractivity contribution in [2.24, 2.45) is 0 Å². The Bertz CT molecular complexity index is 712. The molecule has 146 valence electrons. The maximum atomic E-state index is 12.2. The van der Waals surface area contributed by atoms with Gasteiger partial charge in [0.2, 0.25) is 5.91 Å². The number of nitrogens with one attached hydrogen (secondary N) is 2. The number of carbonyl (C=O) groups is 2. The number of thiophene rings is 1. The summed E-state index contributed by atoms with van der Waals surface area (Å²) in [6.07, 6.45) is 0.881. The first-order valence-corrected chi connectivity index (χ1v) is 10.4. The van der Waals surface area contributed by atoms with Gasteiger partial charge >= 0.3 is 0 Å². The van der Waals surface area contributed by atoms with Crippen molar-refractivity contribution in [3.8, 4) is 0 Å². The molecule has 0 saturated carbocycles. The van der Waals surface area contributed by atoms with Gasteiger partial charge in [0.15, 0.2) is 6.54 Å². The fourth-order valence-electron chi connectivity index (χ4n) is 2.78. The van der Waals surface area contributed by atoms with Crippen molar-refractivity contribution < 1.29 is 14.9 Å². The molecule has 0 spiro atoms. The van der Waals surface area contributed by atoms with Crippen LogP contribution >= 0.6 is 11.3 Å². The number of nitrogens with two attached hydrogens (primary N) is 1. The van der Waals surface area contributed by atoms with E-state index >= 15 is 0 Å². The number of amides is 2. The van der Waals surface area contributed by atoms with E-state index < -0.39 is 0 Å². The van der Waals surface area contributed by atoms with E-state index in [0.717, 1.165) is 6.42 Å². The zero-order valence-electron chi connectivity index (χ0n) is 16.3. The highest BCUT2D eigenvalue weighted by atomic mass is 32.1. The van der Waals surface area contributed by atoms with Crippen LogP contribution in [0.25, 0.3) is 0 Å². The van der Waals surface area contributed by atoms with Gasteiger partial charge in [-0.05, 0) is 29.3 Å². The van der Waals surface area contributed by atoms with Crippen LogP contribution in [0.4, 0.5) is 0 Å². The van der Waals surface area contributed by atoms with Crippen LogP contribution in [0.3, 0.4) is 0 Å². The molecule has 1 aromatic carbocycles. The summed E-state index contributed by atoms with van der Waals surface area (Å²) in [6, 6.07) is 12.8. The molecule has 1 heterocycles. The molecule has 0 radical (unpaired) electrons. The summed E-state index contributed by atoms with van der Waals surface area (Å²) in [6.45, 7) is 7.28. The molecule has 0 unspecified atom stereocenters. The van der Waals surface area contributed by atoms with Crippen LogP contribution in [0.2, 0.25) is 0 Å². The fourth-order valence-corrected chi connectivity index (χ4v) is 3.63. The molecule has 0 bridgehead atoms. The minimum atomic E-state index is -0.149. The summed E-state index contributed by atoms with van der Waals surface area (Å²) in [5, 5.41) is 9.52. The molecule has 0 aliphatic carbocycles. The van der Waals surface area contributed by atoms with Crippen LogP contribution in [-0.2, 0) is 9.59 Å². The first-order chi connectivity index (χ1) is 13.0. The lowest BCUT2D eigenvalue weighted by atomic mass is 9.98. The third kappa shape index (κ3) is 6.81. The van der Waals surface area contributed by atoms with Gasteiger partial charge in [0.25, 0.3) is 5.91 Å². The van der Waals surface area contributed by atoms with E-state index in [9.17, 15) is 9.59 Å². The van der Waals surface area contributed by atoms with E-state index in [1.165, 1.54) is 16.0 Å². The van der Waals surface area contributed by atoms with Gasteiger partial charge in [-0.1, -0.05) is 51.1 Å². The molecular formula is C21H30N3O2S+. The molecule has 1 atom stereocenters. The smallest absolute Gasteiger partial charge is 0.275 e. The van der Waals surface area contributed by atoms with Gasteiger partial charge in [-0.25, -0.2) is 0 Å². The Balaban J connectivity index is 1.96. The number of hydrogen-bond donors (Lipinski definition) is 3. The summed E-state index contributed by atoms with van der Waals surface area (Å²) in [5.41, 5.74) is 2.48. The number of rotatable bonds is 10. The Hall–Kier alpha value is -2.18. The third-order valence-corrected chi connectivity index (χ3v) is 5.32. The first kappa shape index (κ1) is 21.1. The maximum absolute atomic E-state index is 12.2. The molecule has 0 fully saturated rings. The van der Waals surface area contributed by atoms with Crippen molar-refractivity contribution in [2.45, 2.75) is 39.2 Å². The Kier molecular flexibility index (Phi) is 8.48. The molecule has 1 aromatic heterocycles. The third-order valence-electron chi connectivity index (χ3n) is 4.37. The zero-order valence-corrected chi connectivity index (χ0v) is 17.1. The van der Waals surface area contributed by atoms with Gasteiger partial charge in [0.1, 0.15) is 6.04 Å². The Morgan fingerprint density at radius 3 is 2.33 bits per heavy atom. The van der Waals surface area contributed by atoms with Gasteiger partial charge in [-0.2, -0.15) is 0 Å². The molecule has 2 aromatic rings. The topological polar surface area (TPSA) is 74.8 Å². The van der Waals surface area contributed by atoms with E-state index in [0.29, 0.717) is 12.5 Å². The average molecular weight is 389 g/mol. The number of hydrogen-bond acceptors (Lipinski definition) is 3. The minimum absolute atomic E-state index is 0.0272. The quantitative estimate of drug-likeness (QED) is 0.583. The predicted molar refractivity (Wildman–Crippen MR) is 110 cm³/mol. The molecule has 2 amide bonds. The molecule has 0 saturated heterocycles. The fraction of sp³-hybridized carbons (Fsp3) is 0.429. The number of quaternary nitrogens is 1. The number of benzene rings is 1. The summed E-state index contributed by atoms with van der Waals surface area (Å²) in [4.78, 5) is 25.0. The van der Waals surface area contributed by atoms with Crippen molar-refractivity contribution >= 4 is 23.2 Å². The van der Waals surface area contributed by atoms with Crippen LogP contribution in [0.1, 0.15) is 55.2 Å². The van der Waals surface area contributed by atoms with Crippen molar-refractivity contribution in [1.29, 1.82) is 0 Å². The molecule has 0 aliphatic rings. The standard InChI is InChI=1S/C21H29N3O2S/c1-4-11-22-19(25)13-23-20(26)14-24-21(18-6-5-12-27-18)17-9-7-16(8-10-17)15(2)3/h5-10,12,15,21,24H,4,11,13-14H2,1-3H3,(H,22,25)(H,23,26)/p+1/t21-/m1/s1. The second kappa shape index (κ2) is 10.8. The lowest BCUT2D eigenvalue weighted by Crippen LogP contribution is -2.87. The molecule has 0 aliphatic heterocycles. The van der Waals surface area contributed by atoms with Crippen molar-refractivity contribution in [1.82, 2.24) is 10.6 Å². The van der Waals surface area contributed by atoms with Crippen LogP contribution in [-0.4, -0.2) is 31.4 Å². The van der Waals surface area contributed by atoms with Gasteiger partial charge in [0, 0.05) is 12.1 Å². The van der Waals surface area contributed by atoms with E-state index in [-0.39, 0.29) is 30.9 Å². The van der Waals surface area contributed by atoms with Crippen molar-refractivity contribution in [3.63, 3.8) is 0 Å². The molecule has 2 rings (SSSR count). The molecule has 4 N–H and O–H groups in total. The summed E-state index contributed by atoms with van der Waals surface area (Å²) in [5.74, 6) is 0.208. The summed E-state index contributed by atoms with van der Waals surface area (Å²) in [7, 11) is 0. The summed E-state index contributed by atoms with van der Waals surface area (Å²) >= 11 is 1.69. The van der Waals surface area contributed by atoms with Gasteiger partial charge < -0.3 is 16.0 Å². The highest BCUT2D eigenvalue weighted by Gasteiger charge is 2.20. The highest BCUT2D eigenvalue weighted by molar-refractivity contribution is 7.10. The lowest BCUT2D eigenvalue weighted by molar-refractivity contribution is -0.676. The van der Waals surface area contributed by atoms with Crippen LogP contribution in [0.15, 0.2) is 41.8 Å². The monoisotopic (exact) mass is 388 g/mol. The van der Waals surface area contributed by atoms with Gasteiger partial charge in [0.05, 0.1) is 11.4 Å². The van der Waals surface area contributed by atoms with E-state index in [4.69, 9.17) is 0 Å². The molecule has 5 nitrogen and oxygen atoms in total. The van der Waals surface area contributed by atoms with E-state index in [1.807, 2.05) is 18.3 Å². The first-order valence-electron chi connectivity index (χ1n) is 9.51. The SMILES string of the molecule is CCCNC(=O)CNC(=O)C[NH2+][C@H](c1ccc(C(C)C)cc1)c1cccs1. The Labute approximate surface area is 165 Å². The molecular weight excluding hydrogens is 358 g/mol. The normalized spacial score (nSPS) is 12.0. The van der Waals surface area contributed by atoms with Gasteiger partial charge in [-0.15, -0.1) is 11.3 Å². The van der Waals surface area contributed by atoms with Crippen LogP contribution in [0, 0.1) is 0 Å². The number of carbonyl (C=O) groups excluding carboxylic acids is 2. The second-order valence-electron chi connectivity index (χ2n) is 6.88.